The summed E-state index contributed by atoms with van der Waals surface area (Å²) in [4.78, 5) is 0. The van der Waals surface area contributed by atoms with Gasteiger partial charge in [0.05, 0.1) is 5.56 Å². The van der Waals surface area contributed by atoms with Gasteiger partial charge in [-0.1, -0.05) is 12.1 Å². The molecule has 0 spiro atoms. The number of benzene rings is 2. The van der Waals surface area contributed by atoms with Gasteiger partial charge in [-0.3, -0.25) is 0 Å². The molecule has 0 bridgehead atoms. The van der Waals surface area contributed by atoms with Gasteiger partial charge in [0.1, 0.15) is 12.4 Å². The summed E-state index contributed by atoms with van der Waals surface area (Å²) in [6, 6.07) is 11.7. The first-order valence-corrected chi connectivity index (χ1v) is 5.59. The van der Waals surface area contributed by atoms with E-state index in [4.69, 9.17) is 10.5 Å². The molecule has 0 radical (unpaired) electrons. The van der Waals surface area contributed by atoms with E-state index in [9.17, 15) is 13.2 Å². The molecule has 0 saturated carbocycles. The number of ether oxygens (including phenoxy) is 1. The van der Waals surface area contributed by atoms with Crippen LogP contribution in [0.3, 0.4) is 0 Å². The van der Waals surface area contributed by atoms with Gasteiger partial charge in [0.2, 0.25) is 0 Å². The molecular weight excluding hydrogens is 255 g/mol. The first-order chi connectivity index (χ1) is 8.95. The van der Waals surface area contributed by atoms with E-state index in [0.29, 0.717) is 11.4 Å². The molecule has 0 fully saturated rings. The van der Waals surface area contributed by atoms with Gasteiger partial charge in [-0.25, -0.2) is 0 Å². The number of hydrogen-bond acceptors (Lipinski definition) is 2. The Morgan fingerprint density at radius 1 is 1.00 bits per heavy atom. The van der Waals surface area contributed by atoms with Gasteiger partial charge >= 0.3 is 6.18 Å². The number of nitrogens with two attached hydrogens (primary N) is 1. The molecule has 0 aromatic heterocycles. The molecule has 100 valence electrons. The summed E-state index contributed by atoms with van der Waals surface area (Å²) in [6.45, 7) is 0.260. The van der Waals surface area contributed by atoms with E-state index < -0.39 is 11.7 Å². The van der Waals surface area contributed by atoms with Crippen molar-refractivity contribution >= 4 is 5.69 Å². The molecule has 0 atom stereocenters. The minimum atomic E-state index is -4.33. The molecule has 2 aromatic carbocycles. The maximum atomic E-state index is 12.4. The van der Waals surface area contributed by atoms with Crippen molar-refractivity contribution in [3.63, 3.8) is 0 Å². The standard InChI is InChI=1S/C14H12F3NO/c15-14(16,17)11-4-6-13(7-5-11)19-9-10-2-1-3-12(18)8-10/h1-8H,9,18H2. The molecule has 2 N–H and O–H groups in total. The number of anilines is 1. The van der Waals surface area contributed by atoms with Crippen molar-refractivity contribution in [2.45, 2.75) is 12.8 Å². The monoisotopic (exact) mass is 267 g/mol. The van der Waals surface area contributed by atoms with Crippen LogP contribution in [0.4, 0.5) is 18.9 Å². The molecule has 0 unspecified atom stereocenters. The Bertz CT molecular complexity index is 549. The number of hydrogen-bond donors (Lipinski definition) is 1. The fourth-order valence-corrected chi connectivity index (χ4v) is 1.59. The first-order valence-electron chi connectivity index (χ1n) is 5.59. The summed E-state index contributed by atoms with van der Waals surface area (Å²) >= 11 is 0. The van der Waals surface area contributed by atoms with Gasteiger partial charge in [0.15, 0.2) is 0 Å². The first kappa shape index (κ1) is 13.3. The third kappa shape index (κ3) is 3.64. The second-order valence-electron chi connectivity index (χ2n) is 4.06. The maximum absolute atomic E-state index is 12.4. The average molecular weight is 267 g/mol. The van der Waals surface area contributed by atoms with Gasteiger partial charge in [0, 0.05) is 5.69 Å². The average Bonchev–Trinajstić information content (AvgIpc) is 2.36. The van der Waals surface area contributed by atoms with Crippen LogP contribution in [0.15, 0.2) is 48.5 Å². The van der Waals surface area contributed by atoms with Crippen molar-refractivity contribution in [2.75, 3.05) is 5.73 Å². The summed E-state index contributed by atoms with van der Waals surface area (Å²) in [7, 11) is 0. The predicted octanol–water partition coefficient (Wildman–Crippen LogP) is 3.87. The Hall–Kier alpha value is -2.17. The Balaban J connectivity index is 2.01. The van der Waals surface area contributed by atoms with E-state index in [2.05, 4.69) is 0 Å². The van der Waals surface area contributed by atoms with Gasteiger partial charge in [-0.15, -0.1) is 0 Å². The van der Waals surface area contributed by atoms with Gasteiger partial charge in [-0.2, -0.15) is 13.2 Å². The molecule has 0 saturated heterocycles. The van der Waals surface area contributed by atoms with E-state index in [0.717, 1.165) is 17.7 Å². The van der Waals surface area contributed by atoms with Crippen LogP contribution in [0.5, 0.6) is 5.75 Å². The Morgan fingerprint density at radius 3 is 2.26 bits per heavy atom. The lowest BCUT2D eigenvalue weighted by atomic mass is 10.2. The number of rotatable bonds is 3. The molecule has 0 heterocycles. The van der Waals surface area contributed by atoms with Crippen LogP contribution >= 0.6 is 0 Å². The van der Waals surface area contributed by atoms with E-state index in [1.807, 2.05) is 6.07 Å². The highest BCUT2D eigenvalue weighted by molar-refractivity contribution is 5.40. The fourth-order valence-electron chi connectivity index (χ4n) is 1.59. The van der Waals surface area contributed by atoms with Crippen LogP contribution in [-0.2, 0) is 12.8 Å². The molecule has 2 aromatic rings. The number of halogens is 3. The molecule has 2 nitrogen and oxygen atoms in total. The number of alkyl halides is 3. The summed E-state index contributed by atoms with van der Waals surface area (Å²) in [5.41, 5.74) is 6.40. The summed E-state index contributed by atoms with van der Waals surface area (Å²) in [5.74, 6) is 0.385. The third-order valence-corrected chi connectivity index (χ3v) is 2.54. The summed E-state index contributed by atoms with van der Waals surface area (Å²) < 4.78 is 42.5. The SMILES string of the molecule is Nc1cccc(COc2ccc(C(F)(F)F)cc2)c1. The van der Waals surface area contributed by atoms with Crippen LogP contribution in [0.1, 0.15) is 11.1 Å². The molecule has 2 rings (SSSR count). The largest absolute Gasteiger partial charge is 0.489 e. The Morgan fingerprint density at radius 2 is 1.68 bits per heavy atom. The van der Waals surface area contributed by atoms with Crippen molar-refractivity contribution in [1.29, 1.82) is 0 Å². The normalized spacial score (nSPS) is 11.3. The third-order valence-electron chi connectivity index (χ3n) is 2.54. The lowest BCUT2D eigenvalue weighted by Gasteiger charge is -2.09. The Labute approximate surface area is 108 Å². The van der Waals surface area contributed by atoms with Crippen molar-refractivity contribution < 1.29 is 17.9 Å². The van der Waals surface area contributed by atoms with E-state index in [1.54, 1.807) is 18.2 Å². The molecule has 0 amide bonds. The van der Waals surface area contributed by atoms with Crippen LogP contribution in [0.25, 0.3) is 0 Å². The van der Waals surface area contributed by atoms with Gasteiger partial charge < -0.3 is 10.5 Å². The minimum absolute atomic E-state index is 0.260. The zero-order valence-corrected chi connectivity index (χ0v) is 9.95. The van der Waals surface area contributed by atoms with Crippen LogP contribution < -0.4 is 10.5 Å². The van der Waals surface area contributed by atoms with E-state index >= 15 is 0 Å². The second kappa shape index (κ2) is 5.22. The van der Waals surface area contributed by atoms with Crippen LogP contribution in [0, 0.1) is 0 Å². The zero-order chi connectivity index (χ0) is 13.9. The van der Waals surface area contributed by atoms with Crippen molar-refractivity contribution in [2.24, 2.45) is 0 Å². The zero-order valence-electron chi connectivity index (χ0n) is 9.95. The van der Waals surface area contributed by atoms with Gasteiger partial charge in [-0.05, 0) is 42.0 Å². The minimum Gasteiger partial charge on any atom is -0.489 e. The predicted molar refractivity (Wildman–Crippen MR) is 66.6 cm³/mol. The lowest BCUT2D eigenvalue weighted by molar-refractivity contribution is -0.137. The smallest absolute Gasteiger partial charge is 0.416 e. The molecule has 0 aliphatic rings. The highest BCUT2D eigenvalue weighted by Crippen LogP contribution is 2.30. The summed E-state index contributed by atoms with van der Waals surface area (Å²) in [5, 5.41) is 0. The van der Waals surface area contributed by atoms with Gasteiger partial charge in [0.25, 0.3) is 0 Å². The second-order valence-corrected chi connectivity index (χ2v) is 4.06. The maximum Gasteiger partial charge on any atom is 0.416 e. The van der Waals surface area contributed by atoms with E-state index in [-0.39, 0.29) is 6.61 Å². The quantitative estimate of drug-likeness (QED) is 0.857. The Kier molecular flexibility index (Phi) is 3.64. The molecule has 19 heavy (non-hydrogen) atoms. The van der Waals surface area contributed by atoms with E-state index in [1.165, 1.54) is 12.1 Å². The summed E-state index contributed by atoms with van der Waals surface area (Å²) in [6.07, 6.45) is -4.33. The molecule has 0 aliphatic carbocycles. The molecular formula is C14H12F3NO. The highest BCUT2D eigenvalue weighted by atomic mass is 19.4. The number of nitrogen functional groups attached to an aromatic ring is 1. The van der Waals surface area contributed by atoms with Crippen LogP contribution in [0.2, 0.25) is 0 Å². The molecule has 0 aliphatic heterocycles. The van der Waals surface area contributed by atoms with Crippen molar-refractivity contribution in [3.05, 3.63) is 59.7 Å². The fraction of sp³-hybridized carbons (Fsp3) is 0.143. The van der Waals surface area contributed by atoms with Crippen molar-refractivity contribution in [1.82, 2.24) is 0 Å². The van der Waals surface area contributed by atoms with Crippen molar-refractivity contribution in [3.8, 4) is 5.75 Å². The lowest BCUT2D eigenvalue weighted by Crippen LogP contribution is -2.04. The highest BCUT2D eigenvalue weighted by Gasteiger charge is 2.29. The topological polar surface area (TPSA) is 35.2 Å². The molecule has 5 heteroatoms. The van der Waals surface area contributed by atoms with Crippen LogP contribution in [-0.4, -0.2) is 0 Å².